The van der Waals surface area contributed by atoms with Crippen LogP contribution in [0.3, 0.4) is 0 Å². The average molecular weight is 360 g/mol. The summed E-state index contributed by atoms with van der Waals surface area (Å²) in [4.78, 5) is 9.53. The summed E-state index contributed by atoms with van der Waals surface area (Å²) in [5.74, 6) is 0.357. The second kappa shape index (κ2) is 7.40. The minimum atomic E-state index is -0.323. The quantitative estimate of drug-likeness (QED) is 0.823. The van der Waals surface area contributed by atoms with Crippen molar-refractivity contribution in [3.8, 4) is 0 Å². The van der Waals surface area contributed by atoms with Gasteiger partial charge in [-0.05, 0) is 48.6 Å². The maximum Gasteiger partial charge on any atom is 0.142 e. The van der Waals surface area contributed by atoms with E-state index in [1.54, 1.807) is 12.1 Å². The molecule has 4 heterocycles. The van der Waals surface area contributed by atoms with Crippen LogP contribution in [0.1, 0.15) is 24.1 Å². The van der Waals surface area contributed by atoms with Crippen molar-refractivity contribution in [1.29, 1.82) is 0 Å². The second-order valence-corrected chi connectivity index (χ2v) is 7.70. The highest BCUT2D eigenvalue weighted by Crippen LogP contribution is 2.30. The zero-order valence-corrected chi connectivity index (χ0v) is 15.0. The Bertz CT molecular complexity index is 724. The van der Waals surface area contributed by atoms with E-state index in [4.69, 9.17) is 11.6 Å². The number of nitrogens with zero attached hydrogens (tertiary/aromatic N) is 3. The molecule has 0 N–H and O–H groups in total. The van der Waals surface area contributed by atoms with Crippen LogP contribution in [0.5, 0.6) is 0 Å². The molecule has 0 unspecified atom stereocenters. The fourth-order valence-electron chi connectivity index (χ4n) is 4.19. The van der Waals surface area contributed by atoms with Gasteiger partial charge in [-0.1, -0.05) is 23.7 Å². The highest BCUT2D eigenvalue weighted by Gasteiger charge is 2.34. The van der Waals surface area contributed by atoms with Gasteiger partial charge in [0.1, 0.15) is 5.82 Å². The van der Waals surface area contributed by atoms with E-state index in [1.807, 2.05) is 18.3 Å². The molecule has 5 heteroatoms. The van der Waals surface area contributed by atoms with Crippen molar-refractivity contribution < 1.29 is 4.39 Å². The number of rotatable bonds is 4. The molecule has 1 aromatic heterocycles. The van der Waals surface area contributed by atoms with E-state index in [0.717, 1.165) is 44.0 Å². The first-order valence-electron chi connectivity index (χ1n) is 8.97. The summed E-state index contributed by atoms with van der Waals surface area (Å²) in [6.07, 6.45) is 4.37. The molecule has 0 aliphatic carbocycles. The summed E-state index contributed by atoms with van der Waals surface area (Å²) in [5, 5.41) is 0.197. The maximum atomic E-state index is 13.7. The number of benzene rings is 1. The van der Waals surface area contributed by atoms with Gasteiger partial charge in [-0.15, -0.1) is 0 Å². The van der Waals surface area contributed by atoms with E-state index in [9.17, 15) is 4.39 Å². The Morgan fingerprint density at radius 1 is 1.08 bits per heavy atom. The number of hydrogen-bond donors (Lipinski definition) is 0. The molecule has 3 nitrogen and oxygen atoms in total. The summed E-state index contributed by atoms with van der Waals surface area (Å²) in [7, 11) is 0. The number of pyridine rings is 1. The number of aromatic nitrogens is 1. The third-order valence-electron chi connectivity index (χ3n) is 5.38. The Labute approximate surface area is 153 Å². The fourth-order valence-corrected chi connectivity index (χ4v) is 4.31. The summed E-state index contributed by atoms with van der Waals surface area (Å²) in [6.45, 7) is 4.99. The van der Waals surface area contributed by atoms with Crippen LogP contribution < -0.4 is 0 Å². The molecule has 5 rings (SSSR count). The van der Waals surface area contributed by atoms with Gasteiger partial charge in [0.05, 0.1) is 10.7 Å². The molecule has 132 valence electrons. The zero-order valence-electron chi connectivity index (χ0n) is 14.2. The molecule has 2 bridgehead atoms. The van der Waals surface area contributed by atoms with Crippen molar-refractivity contribution >= 4 is 11.6 Å². The fraction of sp³-hybridized carbons (Fsp3) is 0.450. The summed E-state index contributed by atoms with van der Waals surface area (Å²) < 4.78 is 13.7. The van der Waals surface area contributed by atoms with Gasteiger partial charge in [0.2, 0.25) is 0 Å². The van der Waals surface area contributed by atoms with Crippen molar-refractivity contribution in [2.45, 2.75) is 32.0 Å². The van der Waals surface area contributed by atoms with E-state index >= 15 is 0 Å². The SMILES string of the molecule is Fc1cc(CN2C[C@H]3CC[C@@H]2CN(Cc2ccccn2)C3)ccc1Cl. The predicted molar refractivity (Wildman–Crippen MR) is 97.8 cm³/mol. The Balaban J connectivity index is 1.45. The van der Waals surface area contributed by atoms with Gasteiger partial charge in [-0.25, -0.2) is 4.39 Å². The van der Waals surface area contributed by atoms with E-state index in [1.165, 1.54) is 12.8 Å². The Morgan fingerprint density at radius 2 is 2.00 bits per heavy atom. The van der Waals surface area contributed by atoms with Crippen LogP contribution in [0.2, 0.25) is 5.02 Å². The molecule has 25 heavy (non-hydrogen) atoms. The van der Waals surface area contributed by atoms with Crippen LogP contribution in [0, 0.1) is 11.7 Å². The monoisotopic (exact) mass is 359 g/mol. The van der Waals surface area contributed by atoms with Crippen molar-refractivity contribution in [3.63, 3.8) is 0 Å². The van der Waals surface area contributed by atoms with Gasteiger partial charge in [0, 0.05) is 45.0 Å². The molecular weight excluding hydrogens is 337 g/mol. The van der Waals surface area contributed by atoms with Crippen LogP contribution in [0.25, 0.3) is 0 Å². The minimum Gasteiger partial charge on any atom is -0.296 e. The van der Waals surface area contributed by atoms with Crippen LogP contribution in [0.4, 0.5) is 4.39 Å². The molecule has 3 aliphatic heterocycles. The molecule has 1 aromatic carbocycles. The van der Waals surface area contributed by atoms with E-state index in [-0.39, 0.29) is 10.8 Å². The van der Waals surface area contributed by atoms with Crippen molar-refractivity contribution in [1.82, 2.24) is 14.8 Å². The van der Waals surface area contributed by atoms with Crippen molar-refractivity contribution in [2.24, 2.45) is 5.92 Å². The topological polar surface area (TPSA) is 19.4 Å². The third-order valence-corrected chi connectivity index (χ3v) is 5.69. The molecular formula is C20H23ClFN3. The average Bonchev–Trinajstić information content (AvgIpc) is 2.89. The van der Waals surface area contributed by atoms with E-state index < -0.39 is 0 Å². The highest BCUT2D eigenvalue weighted by atomic mass is 35.5. The van der Waals surface area contributed by atoms with Crippen LogP contribution in [-0.4, -0.2) is 40.5 Å². The number of fused-ring (bicyclic) bond motifs is 4. The molecule has 3 saturated heterocycles. The molecule has 0 saturated carbocycles. The lowest BCUT2D eigenvalue weighted by Crippen LogP contribution is -2.43. The lowest BCUT2D eigenvalue weighted by molar-refractivity contribution is 0.123. The largest absolute Gasteiger partial charge is 0.296 e. The van der Waals surface area contributed by atoms with E-state index in [2.05, 4.69) is 26.9 Å². The minimum absolute atomic E-state index is 0.197. The standard InChI is InChI=1S/C20H23ClFN3/c21-19-7-5-15(9-20(19)22)11-25-12-16-4-6-18(25)14-24(10-16)13-17-3-1-2-8-23-17/h1-3,5,7-9,16,18H,4,6,10-14H2/t16-,18+/m0/s1. The smallest absolute Gasteiger partial charge is 0.142 e. The zero-order chi connectivity index (χ0) is 17.2. The normalized spacial score (nSPS) is 24.4. The van der Waals surface area contributed by atoms with Gasteiger partial charge in [0.25, 0.3) is 0 Å². The summed E-state index contributed by atoms with van der Waals surface area (Å²) >= 11 is 5.81. The maximum absolute atomic E-state index is 13.7. The molecule has 3 aliphatic rings. The van der Waals surface area contributed by atoms with Crippen LogP contribution in [0.15, 0.2) is 42.6 Å². The number of piperidine rings is 1. The Kier molecular flexibility index (Phi) is 5.02. The first kappa shape index (κ1) is 17.0. The number of halogens is 2. The van der Waals surface area contributed by atoms with Gasteiger partial charge in [-0.3, -0.25) is 14.8 Å². The molecule has 0 radical (unpaired) electrons. The second-order valence-electron chi connectivity index (χ2n) is 7.29. The van der Waals surface area contributed by atoms with Crippen LogP contribution >= 0.6 is 11.6 Å². The lowest BCUT2D eigenvalue weighted by atomic mass is 9.94. The van der Waals surface area contributed by atoms with Crippen LogP contribution in [-0.2, 0) is 13.1 Å². The summed E-state index contributed by atoms with van der Waals surface area (Å²) in [6, 6.07) is 11.8. The molecule has 0 spiro atoms. The molecule has 3 fully saturated rings. The predicted octanol–water partition coefficient (Wildman–Crippen LogP) is 3.97. The van der Waals surface area contributed by atoms with Gasteiger partial charge in [-0.2, -0.15) is 0 Å². The highest BCUT2D eigenvalue weighted by molar-refractivity contribution is 6.30. The Morgan fingerprint density at radius 3 is 2.80 bits per heavy atom. The molecule has 0 amide bonds. The molecule has 2 atom stereocenters. The first-order valence-corrected chi connectivity index (χ1v) is 9.35. The summed E-state index contributed by atoms with van der Waals surface area (Å²) in [5.41, 5.74) is 2.14. The van der Waals surface area contributed by atoms with Gasteiger partial charge < -0.3 is 0 Å². The third kappa shape index (κ3) is 4.02. The van der Waals surface area contributed by atoms with Gasteiger partial charge >= 0.3 is 0 Å². The van der Waals surface area contributed by atoms with E-state index in [0.29, 0.717) is 12.0 Å². The van der Waals surface area contributed by atoms with Crippen molar-refractivity contribution in [3.05, 3.63) is 64.7 Å². The lowest BCUT2D eigenvalue weighted by Gasteiger charge is -2.36. The Hall–Kier alpha value is -1.49. The van der Waals surface area contributed by atoms with Crippen molar-refractivity contribution in [2.75, 3.05) is 19.6 Å². The number of hydrogen-bond acceptors (Lipinski definition) is 3. The van der Waals surface area contributed by atoms with Gasteiger partial charge in [0.15, 0.2) is 0 Å². The first-order chi connectivity index (χ1) is 12.2. The molecule has 2 aromatic rings.